The standard InChI is InChI=1S/C16H23N3O3S/c1-18(2)23(21,22)14-6-5-12-7-9-19(15(12)10-14)16(20)13-4-3-8-17-11-13/h5-6,10,13,17H,3-4,7-9,11H2,1-2H3. The lowest BCUT2D eigenvalue weighted by molar-refractivity contribution is -0.122. The monoisotopic (exact) mass is 337 g/mol. The second-order valence-electron chi connectivity index (χ2n) is 6.36. The van der Waals surface area contributed by atoms with Crippen LogP contribution in [0, 0.1) is 5.92 Å². The number of hydrogen-bond donors (Lipinski definition) is 1. The second kappa shape index (κ2) is 6.22. The van der Waals surface area contributed by atoms with Gasteiger partial charge >= 0.3 is 0 Å². The maximum atomic E-state index is 12.8. The van der Waals surface area contributed by atoms with Crippen LogP contribution in [0.25, 0.3) is 0 Å². The van der Waals surface area contributed by atoms with Crippen molar-refractivity contribution in [3.63, 3.8) is 0 Å². The molecule has 0 bridgehead atoms. The van der Waals surface area contributed by atoms with Crippen molar-refractivity contribution in [1.82, 2.24) is 9.62 Å². The summed E-state index contributed by atoms with van der Waals surface area (Å²) in [7, 11) is -0.463. The zero-order chi connectivity index (χ0) is 16.6. The summed E-state index contributed by atoms with van der Waals surface area (Å²) in [6.45, 7) is 2.31. The first-order valence-corrected chi connectivity index (χ1v) is 9.43. The fourth-order valence-electron chi connectivity index (χ4n) is 3.24. The third-order valence-electron chi connectivity index (χ3n) is 4.64. The highest BCUT2D eigenvalue weighted by Crippen LogP contribution is 2.32. The molecule has 1 unspecified atom stereocenters. The fourth-order valence-corrected chi connectivity index (χ4v) is 4.16. The van der Waals surface area contributed by atoms with Gasteiger partial charge in [0.15, 0.2) is 0 Å². The maximum Gasteiger partial charge on any atom is 0.242 e. The summed E-state index contributed by atoms with van der Waals surface area (Å²) in [6, 6.07) is 5.11. The van der Waals surface area contributed by atoms with E-state index in [4.69, 9.17) is 0 Å². The molecular formula is C16H23N3O3S. The van der Waals surface area contributed by atoms with Gasteiger partial charge in [-0.1, -0.05) is 6.07 Å². The van der Waals surface area contributed by atoms with Crippen LogP contribution in [0.4, 0.5) is 5.69 Å². The Balaban J connectivity index is 1.91. The summed E-state index contributed by atoms with van der Waals surface area (Å²) in [5.74, 6) is 0.0964. The van der Waals surface area contributed by atoms with Crippen LogP contribution >= 0.6 is 0 Å². The van der Waals surface area contributed by atoms with Gasteiger partial charge in [0.25, 0.3) is 0 Å². The van der Waals surface area contributed by atoms with Gasteiger partial charge in [-0.2, -0.15) is 0 Å². The topological polar surface area (TPSA) is 69.7 Å². The molecule has 1 aromatic rings. The van der Waals surface area contributed by atoms with Crippen LogP contribution in [0.15, 0.2) is 23.1 Å². The van der Waals surface area contributed by atoms with Gasteiger partial charge in [-0.3, -0.25) is 4.79 Å². The Kier molecular flexibility index (Phi) is 4.44. The first kappa shape index (κ1) is 16.4. The van der Waals surface area contributed by atoms with Crippen molar-refractivity contribution in [3.05, 3.63) is 23.8 Å². The summed E-state index contributed by atoms with van der Waals surface area (Å²) < 4.78 is 25.8. The molecule has 1 N–H and O–H groups in total. The lowest BCUT2D eigenvalue weighted by atomic mass is 9.98. The smallest absolute Gasteiger partial charge is 0.242 e. The number of carbonyl (C=O) groups excluding carboxylic acids is 1. The molecule has 23 heavy (non-hydrogen) atoms. The number of carbonyl (C=O) groups is 1. The molecule has 2 aliphatic heterocycles. The molecule has 1 aromatic carbocycles. The van der Waals surface area contributed by atoms with Gasteiger partial charge in [-0.25, -0.2) is 12.7 Å². The minimum Gasteiger partial charge on any atom is -0.316 e. The highest BCUT2D eigenvalue weighted by Gasteiger charge is 2.32. The number of nitrogens with one attached hydrogen (secondary N) is 1. The predicted molar refractivity (Wildman–Crippen MR) is 89.0 cm³/mol. The first-order valence-electron chi connectivity index (χ1n) is 7.99. The Labute approximate surface area is 137 Å². The van der Waals surface area contributed by atoms with E-state index in [-0.39, 0.29) is 16.7 Å². The van der Waals surface area contributed by atoms with Crippen molar-refractivity contribution in [2.75, 3.05) is 38.6 Å². The van der Waals surface area contributed by atoms with Crippen LogP contribution in [-0.2, 0) is 21.2 Å². The predicted octanol–water partition coefficient (Wildman–Crippen LogP) is 0.826. The van der Waals surface area contributed by atoms with E-state index >= 15 is 0 Å². The third kappa shape index (κ3) is 3.00. The number of nitrogens with zero attached hydrogens (tertiary/aromatic N) is 2. The largest absolute Gasteiger partial charge is 0.316 e. The van der Waals surface area contributed by atoms with Gasteiger partial charge in [0.1, 0.15) is 0 Å². The summed E-state index contributed by atoms with van der Waals surface area (Å²) >= 11 is 0. The van der Waals surface area contributed by atoms with Crippen LogP contribution in [0.1, 0.15) is 18.4 Å². The van der Waals surface area contributed by atoms with E-state index in [0.29, 0.717) is 13.1 Å². The molecule has 0 aliphatic carbocycles. The van der Waals surface area contributed by atoms with Gasteiger partial charge in [0, 0.05) is 32.9 Å². The summed E-state index contributed by atoms with van der Waals surface area (Å²) in [6.07, 6.45) is 2.68. The molecule has 0 spiro atoms. The third-order valence-corrected chi connectivity index (χ3v) is 6.45. The molecule has 3 rings (SSSR count). The Morgan fingerprint density at radius 3 is 2.78 bits per heavy atom. The SMILES string of the molecule is CN(C)S(=O)(=O)c1ccc2c(c1)N(C(=O)C1CCCNC1)CC2. The minimum atomic E-state index is -3.49. The quantitative estimate of drug-likeness (QED) is 0.887. The van der Waals surface area contributed by atoms with Crippen LogP contribution in [0.5, 0.6) is 0 Å². The number of piperidine rings is 1. The molecule has 1 fully saturated rings. The van der Waals surface area contributed by atoms with Crippen molar-refractivity contribution in [3.8, 4) is 0 Å². The summed E-state index contributed by atoms with van der Waals surface area (Å²) in [5.41, 5.74) is 1.79. The van der Waals surface area contributed by atoms with Gasteiger partial charge in [-0.05, 0) is 43.5 Å². The molecule has 2 heterocycles. The number of sulfonamides is 1. The molecule has 0 radical (unpaired) electrons. The van der Waals surface area contributed by atoms with E-state index in [1.165, 1.54) is 18.4 Å². The molecule has 1 atom stereocenters. The van der Waals surface area contributed by atoms with E-state index in [0.717, 1.165) is 37.1 Å². The number of benzene rings is 1. The normalized spacial score (nSPS) is 21.5. The van der Waals surface area contributed by atoms with Crippen LogP contribution in [0.3, 0.4) is 0 Å². The molecule has 6 nitrogen and oxygen atoms in total. The molecule has 0 aromatic heterocycles. The number of hydrogen-bond acceptors (Lipinski definition) is 4. The highest BCUT2D eigenvalue weighted by atomic mass is 32.2. The lowest BCUT2D eigenvalue weighted by Crippen LogP contribution is -2.42. The second-order valence-corrected chi connectivity index (χ2v) is 8.51. The molecule has 1 saturated heterocycles. The Bertz CT molecular complexity index is 709. The van der Waals surface area contributed by atoms with Crippen molar-refractivity contribution in [1.29, 1.82) is 0 Å². The first-order chi connectivity index (χ1) is 10.9. The molecule has 0 saturated carbocycles. The molecular weight excluding hydrogens is 314 g/mol. The molecule has 1 amide bonds. The van der Waals surface area contributed by atoms with Gasteiger partial charge in [0.05, 0.1) is 10.8 Å². The molecule has 2 aliphatic rings. The van der Waals surface area contributed by atoms with Gasteiger partial charge in [-0.15, -0.1) is 0 Å². The number of anilines is 1. The van der Waals surface area contributed by atoms with Crippen LogP contribution in [0.2, 0.25) is 0 Å². The average Bonchev–Trinajstić information content (AvgIpc) is 2.97. The average molecular weight is 337 g/mol. The zero-order valence-electron chi connectivity index (χ0n) is 13.6. The van der Waals surface area contributed by atoms with E-state index in [1.54, 1.807) is 17.0 Å². The van der Waals surface area contributed by atoms with Crippen molar-refractivity contribution >= 4 is 21.6 Å². The van der Waals surface area contributed by atoms with Gasteiger partial charge < -0.3 is 10.2 Å². The van der Waals surface area contributed by atoms with Crippen LogP contribution in [-0.4, -0.2) is 52.4 Å². The maximum absolute atomic E-state index is 12.8. The van der Waals surface area contributed by atoms with E-state index in [1.807, 2.05) is 6.07 Å². The van der Waals surface area contributed by atoms with E-state index < -0.39 is 10.0 Å². The van der Waals surface area contributed by atoms with Crippen LogP contribution < -0.4 is 10.2 Å². The van der Waals surface area contributed by atoms with Crippen molar-refractivity contribution < 1.29 is 13.2 Å². The Morgan fingerprint density at radius 1 is 1.35 bits per heavy atom. The number of rotatable bonds is 3. The molecule has 7 heteroatoms. The van der Waals surface area contributed by atoms with Crippen molar-refractivity contribution in [2.24, 2.45) is 5.92 Å². The Morgan fingerprint density at radius 2 is 2.13 bits per heavy atom. The van der Waals surface area contributed by atoms with E-state index in [2.05, 4.69) is 5.32 Å². The summed E-state index contributed by atoms with van der Waals surface area (Å²) in [4.78, 5) is 14.8. The van der Waals surface area contributed by atoms with E-state index in [9.17, 15) is 13.2 Å². The molecule has 126 valence electrons. The van der Waals surface area contributed by atoms with Crippen molar-refractivity contribution in [2.45, 2.75) is 24.2 Å². The Hall–Kier alpha value is -1.44. The highest BCUT2D eigenvalue weighted by molar-refractivity contribution is 7.89. The summed E-state index contributed by atoms with van der Waals surface area (Å²) in [5, 5.41) is 3.26. The number of fused-ring (bicyclic) bond motifs is 1. The zero-order valence-corrected chi connectivity index (χ0v) is 14.4. The minimum absolute atomic E-state index is 0.0104. The lowest BCUT2D eigenvalue weighted by Gasteiger charge is -2.27. The fraction of sp³-hybridized carbons (Fsp3) is 0.562. The van der Waals surface area contributed by atoms with Gasteiger partial charge in [0.2, 0.25) is 15.9 Å². The number of amides is 1.